The number of carbonyl (C=O) groups is 1. The largest absolute Gasteiger partial charge is 0.395 e. The Morgan fingerprint density at radius 1 is 1.17 bits per heavy atom. The Hall–Kier alpha value is -1.89. The Bertz CT molecular complexity index is 663. The number of aliphatic hydroxyl groups excluding tert-OH is 1. The molecule has 0 atom stereocenters. The summed E-state index contributed by atoms with van der Waals surface area (Å²) in [6.07, 6.45) is 3.34. The van der Waals surface area contributed by atoms with Gasteiger partial charge < -0.3 is 10.0 Å². The molecule has 1 fully saturated rings. The predicted molar refractivity (Wildman–Crippen MR) is 88.0 cm³/mol. The van der Waals surface area contributed by atoms with Gasteiger partial charge in [-0.25, -0.2) is 4.68 Å². The monoisotopic (exact) mass is 334 g/mol. The van der Waals surface area contributed by atoms with E-state index in [-0.39, 0.29) is 12.5 Å². The van der Waals surface area contributed by atoms with E-state index < -0.39 is 0 Å². The van der Waals surface area contributed by atoms with Crippen molar-refractivity contribution in [2.45, 2.75) is 0 Å². The number of aliphatic hydroxyl groups is 1. The number of amides is 1. The number of halogens is 1. The zero-order valence-corrected chi connectivity index (χ0v) is 13.5. The van der Waals surface area contributed by atoms with Crippen LogP contribution in [0.3, 0.4) is 0 Å². The molecular weight excluding hydrogens is 316 g/mol. The van der Waals surface area contributed by atoms with Crippen molar-refractivity contribution in [1.29, 1.82) is 0 Å². The highest BCUT2D eigenvalue weighted by molar-refractivity contribution is 6.30. The minimum atomic E-state index is -0.00568. The molecule has 1 aliphatic heterocycles. The summed E-state index contributed by atoms with van der Waals surface area (Å²) in [5, 5.41) is 13.9. The average Bonchev–Trinajstić information content (AvgIpc) is 3.06. The van der Waals surface area contributed by atoms with Gasteiger partial charge >= 0.3 is 0 Å². The lowest BCUT2D eigenvalue weighted by Crippen LogP contribution is -2.49. The molecule has 0 aliphatic carbocycles. The summed E-state index contributed by atoms with van der Waals surface area (Å²) in [4.78, 5) is 16.5. The van der Waals surface area contributed by atoms with E-state index in [4.69, 9.17) is 16.7 Å². The number of β-amino-alcohol motifs (C(OH)–C–C–N with tert-alkyl or cyclic N) is 1. The fourth-order valence-corrected chi connectivity index (χ4v) is 2.79. The van der Waals surface area contributed by atoms with Gasteiger partial charge in [-0.1, -0.05) is 11.6 Å². The molecule has 6 nitrogen and oxygen atoms in total. The fraction of sp³-hybridized carbons (Fsp3) is 0.375. The van der Waals surface area contributed by atoms with Gasteiger partial charge in [-0.2, -0.15) is 5.10 Å². The minimum Gasteiger partial charge on any atom is -0.395 e. The van der Waals surface area contributed by atoms with Crippen molar-refractivity contribution in [3.8, 4) is 5.69 Å². The van der Waals surface area contributed by atoms with E-state index in [1.165, 1.54) is 0 Å². The molecule has 0 unspecified atom stereocenters. The maximum Gasteiger partial charge on any atom is 0.257 e. The highest BCUT2D eigenvalue weighted by Gasteiger charge is 2.22. The van der Waals surface area contributed by atoms with Crippen molar-refractivity contribution in [3.63, 3.8) is 0 Å². The predicted octanol–water partition coefficient (Wildman–Crippen LogP) is 1.28. The Morgan fingerprint density at radius 2 is 1.87 bits per heavy atom. The molecule has 1 aromatic carbocycles. The molecule has 2 heterocycles. The third kappa shape index (κ3) is 3.72. The molecule has 1 aliphatic rings. The maximum absolute atomic E-state index is 12.5. The Kier molecular flexibility index (Phi) is 4.95. The summed E-state index contributed by atoms with van der Waals surface area (Å²) < 4.78 is 1.67. The van der Waals surface area contributed by atoms with Crippen LogP contribution in [0.1, 0.15) is 10.4 Å². The molecule has 3 rings (SSSR count). The first-order valence-corrected chi connectivity index (χ1v) is 7.98. The third-order valence-electron chi connectivity index (χ3n) is 4.00. The molecule has 2 aromatic rings. The molecule has 1 N–H and O–H groups in total. The normalized spacial score (nSPS) is 15.8. The lowest BCUT2D eigenvalue weighted by atomic mass is 10.2. The van der Waals surface area contributed by atoms with Gasteiger partial charge in [-0.05, 0) is 24.3 Å². The number of carbonyl (C=O) groups excluding carboxylic acids is 1. The second-order valence-electron chi connectivity index (χ2n) is 5.51. The zero-order chi connectivity index (χ0) is 16.2. The molecule has 0 radical (unpaired) electrons. The molecule has 1 aromatic heterocycles. The van der Waals surface area contributed by atoms with Gasteiger partial charge in [-0.3, -0.25) is 9.69 Å². The number of aromatic nitrogens is 2. The van der Waals surface area contributed by atoms with Crippen LogP contribution in [0.15, 0.2) is 36.7 Å². The van der Waals surface area contributed by atoms with E-state index in [9.17, 15) is 4.79 Å². The van der Waals surface area contributed by atoms with E-state index in [1.807, 2.05) is 17.0 Å². The number of rotatable bonds is 4. The molecule has 1 amide bonds. The second-order valence-corrected chi connectivity index (χ2v) is 5.94. The standard InChI is InChI=1S/C16H19ClN4O2/c17-14-1-3-15(4-2-14)21-12-13(11-18-21)16(23)20-7-5-19(6-8-20)9-10-22/h1-4,11-12,22H,5-10H2. The molecular formula is C16H19ClN4O2. The van der Waals surface area contributed by atoms with Crippen LogP contribution in [-0.4, -0.2) is 69.9 Å². The first kappa shape index (κ1) is 16.0. The second kappa shape index (κ2) is 7.12. The molecule has 122 valence electrons. The number of benzene rings is 1. The molecule has 0 saturated carbocycles. The first-order valence-electron chi connectivity index (χ1n) is 7.60. The number of piperazine rings is 1. The van der Waals surface area contributed by atoms with E-state index in [1.54, 1.807) is 29.2 Å². The van der Waals surface area contributed by atoms with Gasteiger partial charge in [-0.15, -0.1) is 0 Å². The molecule has 0 spiro atoms. The molecule has 1 saturated heterocycles. The van der Waals surface area contributed by atoms with Crippen molar-refractivity contribution in [1.82, 2.24) is 19.6 Å². The molecule has 0 bridgehead atoms. The maximum atomic E-state index is 12.5. The van der Waals surface area contributed by atoms with Crippen molar-refractivity contribution in [3.05, 3.63) is 47.2 Å². The van der Waals surface area contributed by atoms with Gasteiger partial charge in [0.25, 0.3) is 5.91 Å². The van der Waals surface area contributed by atoms with E-state index in [0.717, 1.165) is 18.8 Å². The fourth-order valence-electron chi connectivity index (χ4n) is 2.67. The molecule has 23 heavy (non-hydrogen) atoms. The van der Waals surface area contributed by atoms with Gasteiger partial charge in [0, 0.05) is 43.9 Å². The van der Waals surface area contributed by atoms with Crippen molar-refractivity contribution >= 4 is 17.5 Å². The van der Waals surface area contributed by atoms with E-state index >= 15 is 0 Å². The van der Waals surface area contributed by atoms with Gasteiger partial charge in [0.1, 0.15) is 0 Å². The highest BCUT2D eigenvalue weighted by Crippen LogP contribution is 2.14. The first-order chi connectivity index (χ1) is 11.2. The lowest BCUT2D eigenvalue weighted by Gasteiger charge is -2.34. The summed E-state index contributed by atoms with van der Waals surface area (Å²) in [6, 6.07) is 7.30. The Labute approximate surface area is 139 Å². The van der Waals surface area contributed by atoms with Crippen molar-refractivity contribution < 1.29 is 9.90 Å². The smallest absolute Gasteiger partial charge is 0.257 e. The summed E-state index contributed by atoms with van der Waals surface area (Å²) in [5.74, 6) is -0.00568. The summed E-state index contributed by atoms with van der Waals surface area (Å²) in [6.45, 7) is 3.74. The quantitative estimate of drug-likeness (QED) is 0.915. The van der Waals surface area contributed by atoms with Crippen LogP contribution in [0.25, 0.3) is 5.69 Å². The van der Waals surface area contributed by atoms with Gasteiger partial charge in [0.15, 0.2) is 0 Å². The SMILES string of the molecule is O=C(c1cnn(-c2ccc(Cl)cc2)c1)N1CCN(CCO)CC1. The topological polar surface area (TPSA) is 61.6 Å². The third-order valence-corrected chi connectivity index (χ3v) is 4.25. The van der Waals surface area contributed by atoms with Crippen LogP contribution >= 0.6 is 11.6 Å². The van der Waals surface area contributed by atoms with Crippen LogP contribution in [0.2, 0.25) is 5.02 Å². The van der Waals surface area contributed by atoms with E-state index in [2.05, 4.69) is 10.00 Å². The molecule has 7 heteroatoms. The number of hydrogen-bond donors (Lipinski definition) is 1. The van der Waals surface area contributed by atoms with Crippen molar-refractivity contribution in [2.24, 2.45) is 0 Å². The number of hydrogen-bond acceptors (Lipinski definition) is 4. The Balaban J connectivity index is 1.66. The van der Waals surface area contributed by atoms with Crippen LogP contribution in [0.4, 0.5) is 0 Å². The van der Waals surface area contributed by atoms with Crippen LogP contribution in [0, 0.1) is 0 Å². The van der Waals surface area contributed by atoms with Crippen molar-refractivity contribution in [2.75, 3.05) is 39.3 Å². The summed E-state index contributed by atoms with van der Waals surface area (Å²) in [7, 11) is 0. The average molecular weight is 335 g/mol. The lowest BCUT2D eigenvalue weighted by molar-refractivity contribution is 0.0615. The number of nitrogens with zero attached hydrogens (tertiary/aromatic N) is 4. The minimum absolute atomic E-state index is 0.00568. The highest BCUT2D eigenvalue weighted by atomic mass is 35.5. The summed E-state index contributed by atoms with van der Waals surface area (Å²) >= 11 is 5.88. The Morgan fingerprint density at radius 3 is 2.52 bits per heavy atom. The van der Waals surface area contributed by atoms with Crippen LogP contribution in [-0.2, 0) is 0 Å². The zero-order valence-electron chi connectivity index (χ0n) is 12.7. The van der Waals surface area contributed by atoms with Gasteiger partial charge in [0.05, 0.1) is 24.1 Å². The van der Waals surface area contributed by atoms with Gasteiger partial charge in [0.2, 0.25) is 0 Å². The van der Waals surface area contributed by atoms with Crippen LogP contribution < -0.4 is 0 Å². The van der Waals surface area contributed by atoms with Crippen LogP contribution in [0.5, 0.6) is 0 Å². The summed E-state index contributed by atoms with van der Waals surface area (Å²) in [5.41, 5.74) is 1.44. The van der Waals surface area contributed by atoms with E-state index in [0.29, 0.717) is 30.2 Å².